The van der Waals surface area contributed by atoms with Crippen LogP contribution < -0.4 is 14.8 Å². The van der Waals surface area contributed by atoms with Crippen LogP contribution in [-0.4, -0.2) is 25.7 Å². The van der Waals surface area contributed by atoms with E-state index < -0.39 is 0 Å². The summed E-state index contributed by atoms with van der Waals surface area (Å²) in [5.41, 5.74) is 1.26. The molecule has 2 aliphatic rings. The molecule has 0 fully saturated rings. The number of hydrogen-bond acceptors (Lipinski definition) is 4. The summed E-state index contributed by atoms with van der Waals surface area (Å²) in [4.78, 5) is 4.37. The molecule has 1 aromatic rings. The van der Waals surface area contributed by atoms with Crippen LogP contribution in [0.4, 0.5) is 0 Å². The smallest absolute Gasteiger partial charge is 0.231 e. The molecular weight excluding hydrogens is 240 g/mol. The van der Waals surface area contributed by atoms with Gasteiger partial charge in [-0.3, -0.25) is 4.99 Å². The Balaban J connectivity index is 0.00000108. The van der Waals surface area contributed by atoms with Gasteiger partial charge in [-0.25, -0.2) is 0 Å². The molecular formula is C12H15ClN2O2. The highest BCUT2D eigenvalue weighted by molar-refractivity contribution is 5.85. The molecule has 0 unspecified atom stereocenters. The number of nitrogens with zero attached hydrogens (tertiary/aromatic N) is 1. The molecule has 92 valence electrons. The first kappa shape index (κ1) is 12.0. The quantitative estimate of drug-likeness (QED) is 0.894. The molecule has 2 heterocycles. The SMILES string of the molecule is Cl.c1cc2c(cc1CCC1=NCCN1)OCO2. The number of hydrogen-bond donors (Lipinski definition) is 1. The fourth-order valence-corrected chi connectivity index (χ4v) is 1.97. The molecule has 0 atom stereocenters. The molecule has 0 amide bonds. The number of ether oxygens (including phenoxy) is 2. The maximum absolute atomic E-state index is 5.34. The number of aliphatic imine (C=N–C) groups is 1. The van der Waals surface area contributed by atoms with Crippen LogP contribution in [-0.2, 0) is 6.42 Å². The fraction of sp³-hybridized carbons (Fsp3) is 0.417. The van der Waals surface area contributed by atoms with Gasteiger partial charge in [0.25, 0.3) is 0 Å². The number of aryl methyl sites for hydroxylation is 1. The predicted molar refractivity (Wildman–Crippen MR) is 68.4 cm³/mol. The lowest BCUT2D eigenvalue weighted by atomic mass is 10.1. The Labute approximate surface area is 106 Å². The lowest BCUT2D eigenvalue weighted by molar-refractivity contribution is 0.174. The molecule has 0 spiro atoms. The third-order valence-corrected chi connectivity index (χ3v) is 2.83. The summed E-state index contributed by atoms with van der Waals surface area (Å²) >= 11 is 0. The topological polar surface area (TPSA) is 42.9 Å². The summed E-state index contributed by atoms with van der Waals surface area (Å²) in [6, 6.07) is 6.11. The monoisotopic (exact) mass is 254 g/mol. The Kier molecular flexibility index (Phi) is 3.74. The van der Waals surface area contributed by atoms with E-state index in [1.54, 1.807) is 0 Å². The third-order valence-electron chi connectivity index (χ3n) is 2.83. The first-order valence-corrected chi connectivity index (χ1v) is 5.57. The molecule has 0 aromatic heterocycles. The zero-order valence-corrected chi connectivity index (χ0v) is 10.3. The van der Waals surface area contributed by atoms with Gasteiger partial charge in [0.15, 0.2) is 11.5 Å². The van der Waals surface area contributed by atoms with E-state index in [0.717, 1.165) is 43.3 Å². The minimum atomic E-state index is 0. The maximum Gasteiger partial charge on any atom is 0.231 e. The molecule has 4 nitrogen and oxygen atoms in total. The van der Waals surface area contributed by atoms with Crippen molar-refractivity contribution in [3.8, 4) is 11.5 Å². The first-order chi connectivity index (χ1) is 7.92. The molecule has 0 radical (unpaired) electrons. The number of fused-ring (bicyclic) bond motifs is 1. The molecule has 0 saturated heterocycles. The van der Waals surface area contributed by atoms with E-state index in [9.17, 15) is 0 Å². The second-order valence-electron chi connectivity index (χ2n) is 3.94. The number of benzene rings is 1. The highest BCUT2D eigenvalue weighted by Gasteiger charge is 2.13. The van der Waals surface area contributed by atoms with Crippen LogP contribution in [0.5, 0.6) is 11.5 Å². The van der Waals surface area contributed by atoms with Crippen LogP contribution in [0.15, 0.2) is 23.2 Å². The second-order valence-corrected chi connectivity index (χ2v) is 3.94. The van der Waals surface area contributed by atoms with Gasteiger partial charge in [-0.2, -0.15) is 0 Å². The normalized spacial score (nSPS) is 16.1. The Morgan fingerprint density at radius 3 is 2.88 bits per heavy atom. The van der Waals surface area contributed by atoms with Gasteiger partial charge in [-0.05, 0) is 24.1 Å². The van der Waals surface area contributed by atoms with Crippen LogP contribution in [0.1, 0.15) is 12.0 Å². The molecule has 3 rings (SSSR count). The van der Waals surface area contributed by atoms with Crippen molar-refractivity contribution in [3.05, 3.63) is 23.8 Å². The third kappa shape index (κ3) is 2.64. The molecule has 1 aromatic carbocycles. The van der Waals surface area contributed by atoms with Gasteiger partial charge >= 0.3 is 0 Å². The lowest BCUT2D eigenvalue weighted by Gasteiger charge is -2.03. The van der Waals surface area contributed by atoms with Crippen molar-refractivity contribution in [2.24, 2.45) is 4.99 Å². The highest BCUT2D eigenvalue weighted by atomic mass is 35.5. The summed E-state index contributed by atoms with van der Waals surface area (Å²) in [5.74, 6) is 2.83. The Morgan fingerprint density at radius 1 is 1.18 bits per heavy atom. The van der Waals surface area contributed by atoms with Crippen LogP contribution in [0.25, 0.3) is 0 Å². The van der Waals surface area contributed by atoms with Crippen molar-refractivity contribution in [1.82, 2.24) is 5.32 Å². The van der Waals surface area contributed by atoms with Gasteiger partial charge in [0.2, 0.25) is 6.79 Å². The van der Waals surface area contributed by atoms with Gasteiger partial charge in [-0.15, -0.1) is 12.4 Å². The maximum atomic E-state index is 5.34. The van der Waals surface area contributed by atoms with Gasteiger partial charge in [0, 0.05) is 13.0 Å². The van der Waals surface area contributed by atoms with E-state index >= 15 is 0 Å². The fourth-order valence-electron chi connectivity index (χ4n) is 1.97. The summed E-state index contributed by atoms with van der Waals surface area (Å²) in [7, 11) is 0. The molecule has 5 heteroatoms. The predicted octanol–water partition coefficient (Wildman–Crippen LogP) is 1.77. The first-order valence-electron chi connectivity index (χ1n) is 5.57. The average molecular weight is 255 g/mol. The van der Waals surface area contributed by atoms with Crippen molar-refractivity contribution >= 4 is 18.2 Å². The van der Waals surface area contributed by atoms with Crippen LogP contribution >= 0.6 is 12.4 Å². The van der Waals surface area contributed by atoms with Crippen molar-refractivity contribution < 1.29 is 9.47 Å². The van der Waals surface area contributed by atoms with Gasteiger partial charge < -0.3 is 14.8 Å². The second kappa shape index (κ2) is 5.27. The summed E-state index contributed by atoms with van der Waals surface area (Å²) < 4.78 is 10.6. The molecule has 2 aliphatic heterocycles. The van der Waals surface area contributed by atoms with Crippen molar-refractivity contribution in [1.29, 1.82) is 0 Å². The van der Waals surface area contributed by atoms with E-state index in [4.69, 9.17) is 9.47 Å². The molecule has 0 saturated carbocycles. The van der Waals surface area contributed by atoms with Crippen molar-refractivity contribution in [2.75, 3.05) is 19.9 Å². The van der Waals surface area contributed by atoms with Crippen LogP contribution in [0, 0.1) is 0 Å². The van der Waals surface area contributed by atoms with E-state index in [1.807, 2.05) is 6.07 Å². The van der Waals surface area contributed by atoms with E-state index in [2.05, 4.69) is 22.4 Å². The summed E-state index contributed by atoms with van der Waals surface area (Å²) in [6.45, 7) is 2.24. The van der Waals surface area contributed by atoms with E-state index in [0.29, 0.717) is 6.79 Å². The Morgan fingerprint density at radius 2 is 2.06 bits per heavy atom. The number of nitrogens with one attached hydrogen (secondary N) is 1. The molecule has 0 bridgehead atoms. The van der Waals surface area contributed by atoms with Gasteiger partial charge in [0.05, 0.1) is 12.4 Å². The summed E-state index contributed by atoms with van der Waals surface area (Å²) in [5, 5.41) is 3.27. The van der Waals surface area contributed by atoms with Crippen molar-refractivity contribution in [3.63, 3.8) is 0 Å². The molecule has 1 N–H and O–H groups in total. The standard InChI is InChI=1S/C12H14N2O2.ClH/c1-3-10-11(16-8-15-10)7-9(1)2-4-12-13-5-6-14-12;/h1,3,7H,2,4-6,8H2,(H,13,14);1H. The highest BCUT2D eigenvalue weighted by Crippen LogP contribution is 2.32. The van der Waals surface area contributed by atoms with E-state index in [1.165, 1.54) is 5.56 Å². The van der Waals surface area contributed by atoms with E-state index in [-0.39, 0.29) is 12.4 Å². The Hall–Kier alpha value is -1.42. The van der Waals surface area contributed by atoms with Gasteiger partial charge in [-0.1, -0.05) is 6.07 Å². The number of rotatable bonds is 3. The molecule has 17 heavy (non-hydrogen) atoms. The number of halogens is 1. The summed E-state index contributed by atoms with van der Waals surface area (Å²) in [6.07, 6.45) is 1.96. The van der Waals surface area contributed by atoms with Gasteiger partial charge in [0.1, 0.15) is 0 Å². The van der Waals surface area contributed by atoms with Crippen LogP contribution in [0.3, 0.4) is 0 Å². The average Bonchev–Trinajstić information content (AvgIpc) is 2.97. The van der Waals surface area contributed by atoms with Crippen molar-refractivity contribution in [2.45, 2.75) is 12.8 Å². The number of amidine groups is 1. The minimum absolute atomic E-state index is 0. The Bertz CT molecular complexity index is 435. The molecule has 0 aliphatic carbocycles. The minimum Gasteiger partial charge on any atom is -0.454 e. The lowest BCUT2D eigenvalue weighted by Crippen LogP contribution is -2.18. The largest absolute Gasteiger partial charge is 0.454 e. The zero-order chi connectivity index (χ0) is 10.8. The van der Waals surface area contributed by atoms with Crippen LogP contribution in [0.2, 0.25) is 0 Å². The zero-order valence-electron chi connectivity index (χ0n) is 9.44.